The average Bonchev–Trinajstić information content (AvgIpc) is 2.41. The quantitative estimate of drug-likeness (QED) is 0.793. The van der Waals surface area contributed by atoms with Crippen molar-refractivity contribution in [1.29, 1.82) is 0 Å². The zero-order valence-corrected chi connectivity index (χ0v) is 13.0. The van der Waals surface area contributed by atoms with Gasteiger partial charge in [-0.1, -0.05) is 11.6 Å². The second kappa shape index (κ2) is 6.47. The number of nitrogens with one attached hydrogen (secondary N) is 2. The lowest BCUT2D eigenvalue weighted by molar-refractivity contribution is 0.408. The molecular formula is C12H15ClIN3O. The van der Waals surface area contributed by atoms with Gasteiger partial charge in [0.25, 0.3) is 0 Å². The van der Waals surface area contributed by atoms with Gasteiger partial charge < -0.3 is 15.4 Å². The van der Waals surface area contributed by atoms with Crippen LogP contribution in [0.3, 0.4) is 0 Å². The first-order valence-electron chi connectivity index (χ1n) is 5.75. The Morgan fingerprint density at radius 2 is 2.39 bits per heavy atom. The maximum atomic E-state index is 6.13. The highest BCUT2D eigenvalue weighted by molar-refractivity contribution is 14.1. The van der Waals surface area contributed by atoms with Crippen LogP contribution in [0.5, 0.6) is 5.75 Å². The molecule has 0 amide bonds. The molecule has 4 nitrogen and oxygen atoms in total. The van der Waals surface area contributed by atoms with E-state index in [1.807, 2.05) is 12.1 Å². The fraction of sp³-hybridized carbons (Fsp3) is 0.417. The molecule has 0 spiro atoms. The molecule has 2 N–H and O–H groups in total. The number of guanidine groups is 1. The number of ether oxygens (including phenoxy) is 1. The minimum Gasteiger partial charge on any atom is -0.496 e. The van der Waals surface area contributed by atoms with Crippen LogP contribution in [0, 0.1) is 3.57 Å². The molecule has 0 aromatic heterocycles. The Bertz CT molecular complexity index is 465. The average molecular weight is 380 g/mol. The van der Waals surface area contributed by atoms with Crippen molar-refractivity contribution in [2.75, 3.05) is 20.2 Å². The first-order valence-corrected chi connectivity index (χ1v) is 7.20. The van der Waals surface area contributed by atoms with Crippen LogP contribution in [-0.2, 0) is 6.54 Å². The summed E-state index contributed by atoms with van der Waals surface area (Å²) in [4.78, 5) is 4.36. The van der Waals surface area contributed by atoms with E-state index in [2.05, 4.69) is 38.2 Å². The van der Waals surface area contributed by atoms with Gasteiger partial charge in [0.15, 0.2) is 5.96 Å². The molecule has 0 atom stereocenters. The topological polar surface area (TPSA) is 45.6 Å². The fourth-order valence-electron chi connectivity index (χ4n) is 1.73. The van der Waals surface area contributed by atoms with Crippen LogP contribution in [0.15, 0.2) is 17.1 Å². The van der Waals surface area contributed by atoms with Crippen molar-refractivity contribution in [2.45, 2.75) is 13.0 Å². The molecule has 0 saturated heterocycles. The fourth-order valence-corrected chi connectivity index (χ4v) is 2.35. The zero-order valence-electron chi connectivity index (χ0n) is 10.1. The predicted octanol–water partition coefficient (Wildman–Crippen LogP) is 2.39. The Hall–Kier alpha value is -0.690. The number of methoxy groups -OCH3 is 1. The van der Waals surface area contributed by atoms with Crippen molar-refractivity contribution in [2.24, 2.45) is 4.99 Å². The second-order valence-corrected chi connectivity index (χ2v) is 5.51. The summed E-state index contributed by atoms with van der Waals surface area (Å²) < 4.78 is 6.35. The molecule has 98 valence electrons. The molecule has 1 aliphatic heterocycles. The van der Waals surface area contributed by atoms with Crippen molar-refractivity contribution >= 4 is 40.2 Å². The van der Waals surface area contributed by atoms with Crippen LogP contribution in [0.2, 0.25) is 5.02 Å². The Morgan fingerprint density at radius 1 is 1.56 bits per heavy atom. The standard InChI is InChI=1S/C12H15ClIN3O/c1-18-11-6-10(14)9(13)5-8(11)7-17-12-15-3-2-4-16-12/h5-6H,2-4,7H2,1H3,(H2,15,16,17). The molecule has 1 aromatic rings. The van der Waals surface area contributed by atoms with E-state index in [1.54, 1.807) is 7.11 Å². The van der Waals surface area contributed by atoms with Gasteiger partial charge >= 0.3 is 0 Å². The van der Waals surface area contributed by atoms with Crippen molar-refractivity contribution < 1.29 is 4.74 Å². The molecule has 1 heterocycles. The van der Waals surface area contributed by atoms with Gasteiger partial charge in [0.1, 0.15) is 5.75 Å². The molecule has 0 saturated carbocycles. The highest BCUT2D eigenvalue weighted by Crippen LogP contribution is 2.28. The molecule has 2 rings (SSSR count). The first kappa shape index (κ1) is 13.7. The van der Waals surface area contributed by atoms with Crippen LogP contribution in [0.25, 0.3) is 0 Å². The highest BCUT2D eigenvalue weighted by atomic mass is 127. The molecule has 0 fully saturated rings. The van der Waals surface area contributed by atoms with Crippen LogP contribution < -0.4 is 15.4 Å². The van der Waals surface area contributed by atoms with Crippen LogP contribution in [-0.4, -0.2) is 26.2 Å². The third kappa shape index (κ3) is 3.41. The Morgan fingerprint density at radius 3 is 3.06 bits per heavy atom. The predicted molar refractivity (Wildman–Crippen MR) is 82.5 cm³/mol. The van der Waals surface area contributed by atoms with Gasteiger partial charge in [-0.3, -0.25) is 4.99 Å². The van der Waals surface area contributed by atoms with Crippen molar-refractivity contribution in [3.05, 3.63) is 26.3 Å². The summed E-state index contributed by atoms with van der Waals surface area (Å²) in [5.41, 5.74) is 1.03. The van der Waals surface area contributed by atoms with Gasteiger partial charge in [0, 0.05) is 28.8 Å². The van der Waals surface area contributed by atoms with E-state index in [-0.39, 0.29) is 0 Å². The smallest absolute Gasteiger partial charge is 0.191 e. The van der Waals surface area contributed by atoms with E-state index in [9.17, 15) is 0 Å². The van der Waals surface area contributed by atoms with Crippen LogP contribution in [0.1, 0.15) is 12.0 Å². The largest absolute Gasteiger partial charge is 0.496 e. The molecule has 6 heteroatoms. The van der Waals surface area contributed by atoms with Gasteiger partial charge in [-0.15, -0.1) is 0 Å². The lowest BCUT2D eigenvalue weighted by Gasteiger charge is -2.17. The first-order chi connectivity index (χ1) is 8.70. The SMILES string of the molecule is COc1cc(I)c(Cl)cc1CNC1=NCCCN1. The number of nitrogens with zero attached hydrogens (tertiary/aromatic N) is 1. The molecule has 1 aliphatic rings. The minimum atomic E-state index is 0.644. The number of aliphatic imine (C=N–C) groups is 1. The Labute approximate surface area is 125 Å². The summed E-state index contributed by atoms with van der Waals surface area (Å²) in [6.45, 7) is 2.49. The summed E-state index contributed by atoms with van der Waals surface area (Å²) in [5, 5.41) is 7.22. The van der Waals surface area contributed by atoms with Gasteiger partial charge in [-0.05, 0) is 41.1 Å². The maximum absolute atomic E-state index is 6.13. The third-order valence-electron chi connectivity index (χ3n) is 2.67. The number of halogens is 2. The lowest BCUT2D eigenvalue weighted by Crippen LogP contribution is -2.40. The summed E-state index contributed by atoms with van der Waals surface area (Å²) >= 11 is 8.32. The van der Waals surface area contributed by atoms with Gasteiger partial charge in [-0.2, -0.15) is 0 Å². The minimum absolute atomic E-state index is 0.644. The molecule has 0 radical (unpaired) electrons. The third-order valence-corrected chi connectivity index (χ3v) is 4.19. The van der Waals surface area contributed by atoms with E-state index >= 15 is 0 Å². The Kier molecular flexibility index (Phi) is 4.94. The van der Waals surface area contributed by atoms with Crippen molar-refractivity contribution in [3.8, 4) is 5.75 Å². The van der Waals surface area contributed by atoms with E-state index in [0.29, 0.717) is 6.54 Å². The van der Waals surface area contributed by atoms with Gasteiger partial charge in [0.05, 0.1) is 12.1 Å². The number of hydrogen-bond acceptors (Lipinski definition) is 4. The summed E-state index contributed by atoms with van der Waals surface area (Å²) in [6.07, 6.45) is 1.09. The summed E-state index contributed by atoms with van der Waals surface area (Å²) in [5.74, 6) is 1.69. The van der Waals surface area contributed by atoms with E-state index in [4.69, 9.17) is 16.3 Å². The number of benzene rings is 1. The van der Waals surface area contributed by atoms with Crippen molar-refractivity contribution in [3.63, 3.8) is 0 Å². The monoisotopic (exact) mass is 379 g/mol. The Balaban J connectivity index is 2.08. The zero-order chi connectivity index (χ0) is 13.0. The summed E-state index contributed by atoms with van der Waals surface area (Å²) in [7, 11) is 1.67. The molecular weight excluding hydrogens is 365 g/mol. The molecule has 0 unspecified atom stereocenters. The van der Waals surface area contributed by atoms with E-state index in [0.717, 1.165) is 45.4 Å². The maximum Gasteiger partial charge on any atom is 0.191 e. The second-order valence-electron chi connectivity index (χ2n) is 3.94. The lowest BCUT2D eigenvalue weighted by atomic mass is 10.2. The number of hydrogen-bond donors (Lipinski definition) is 2. The number of rotatable bonds is 3. The van der Waals surface area contributed by atoms with Gasteiger partial charge in [-0.25, -0.2) is 0 Å². The van der Waals surface area contributed by atoms with Gasteiger partial charge in [0.2, 0.25) is 0 Å². The molecule has 18 heavy (non-hydrogen) atoms. The summed E-state index contributed by atoms with van der Waals surface area (Å²) in [6, 6.07) is 3.87. The van der Waals surface area contributed by atoms with E-state index in [1.165, 1.54) is 0 Å². The molecule has 0 aliphatic carbocycles. The molecule has 1 aromatic carbocycles. The van der Waals surface area contributed by atoms with Crippen LogP contribution >= 0.6 is 34.2 Å². The molecule has 0 bridgehead atoms. The van der Waals surface area contributed by atoms with E-state index < -0.39 is 0 Å². The highest BCUT2D eigenvalue weighted by Gasteiger charge is 2.09. The van der Waals surface area contributed by atoms with Crippen molar-refractivity contribution in [1.82, 2.24) is 10.6 Å². The van der Waals surface area contributed by atoms with Crippen LogP contribution in [0.4, 0.5) is 0 Å². The normalized spacial score (nSPS) is 14.7.